The average molecular weight is 142 g/mol. The van der Waals surface area contributed by atoms with E-state index in [1.54, 1.807) is 0 Å². The van der Waals surface area contributed by atoms with Gasteiger partial charge in [0, 0.05) is 6.61 Å². The molecule has 0 aliphatic carbocycles. The molecule has 0 rings (SSSR count). The fraction of sp³-hybridized carbons (Fsp3) is 1.00. The van der Waals surface area contributed by atoms with Gasteiger partial charge in [-0.15, -0.1) is 0 Å². The number of hydrogen-bond acceptors (Lipinski definition) is 1. The molecule has 0 atom stereocenters. The Kier molecular flexibility index (Phi) is 4.79. The fourth-order valence-electron chi connectivity index (χ4n) is 0.595. The van der Waals surface area contributed by atoms with Crippen molar-refractivity contribution < 1.29 is 4.74 Å². The van der Waals surface area contributed by atoms with E-state index in [0.29, 0.717) is 0 Å². The van der Waals surface area contributed by atoms with Gasteiger partial charge in [0.1, 0.15) is 7.85 Å². The van der Waals surface area contributed by atoms with Crippen molar-refractivity contribution in [2.75, 3.05) is 6.61 Å². The second-order valence-electron chi connectivity index (χ2n) is 3.32. The van der Waals surface area contributed by atoms with Gasteiger partial charge in [0.25, 0.3) is 0 Å². The minimum absolute atomic E-state index is 0.0924. The molecular weight excluding hydrogens is 123 g/mol. The van der Waals surface area contributed by atoms with E-state index < -0.39 is 0 Å². The van der Waals surface area contributed by atoms with Crippen LogP contribution in [-0.4, -0.2) is 20.1 Å². The van der Waals surface area contributed by atoms with Crippen LogP contribution in [0.15, 0.2) is 0 Å². The number of rotatable bonds is 5. The van der Waals surface area contributed by atoms with Crippen LogP contribution in [0.1, 0.15) is 33.6 Å². The lowest BCUT2D eigenvalue weighted by molar-refractivity contribution is -0.0194. The highest BCUT2D eigenvalue weighted by molar-refractivity contribution is 6.08. The molecule has 0 fully saturated rings. The molecule has 0 aromatic rings. The van der Waals surface area contributed by atoms with Crippen molar-refractivity contribution in [1.82, 2.24) is 0 Å². The summed E-state index contributed by atoms with van der Waals surface area (Å²) in [6, 6.07) is 0. The van der Waals surface area contributed by atoms with Crippen LogP contribution in [0, 0.1) is 0 Å². The third-order valence-corrected chi connectivity index (χ3v) is 1.84. The zero-order chi connectivity index (χ0) is 8.04. The highest BCUT2D eigenvalue weighted by atomic mass is 16.5. The van der Waals surface area contributed by atoms with Crippen molar-refractivity contribution in [2.24, 2.45) is 0 Å². The molecule has 1 nitrogen and oxygen atoms in total. The monoisotopic (exact) mass is 142 g/mol. The maximum atomic E-state index is 5.62. The second kappa shape index (κ2) is 4.78. The zero-order valence-corrected chi connectivity index (χ0v) is 7.74. The van der Waals surface area contributed by atoms with E-state index in [2.05, 4.69) is 28.6 Å². The maximum absolute atomic E-state index is 5.62. The molecule has 0 saturated carbocycles. The predicted molar refractivity (Wildman–Crippen MR) is 48.3 cm³/mol. The van der Waals surface area contributed by atoms with Gasteiger partial charge < -0.3 is 4.74 Å². The largest absolute Gasteiger partial charge is 0.376 e. The van der Waals surface area contributed by atoms with Crippen LogP contribution >= 0.6 is 0 Å². The summed E-state index contributed by atoms with van der Waals surface area (Å²) in [6.07, 6.45) is 3.50. The molecule has 0 radical (unpaired) electrons. The van der Waals surface area contributed by atoms with Gasteiger partial charge in [-0.25, -0.2) is 0 Å². The molecule has 10 heavy (non-hydrogen) atoms. The van der Waals surface area contributed by atoms with E-state index in [0.717, 1.165) is 13.0 Å². The van der Waals surface area contributed by atoms with Crippen LogP contribution in [0.3, 0.4) is 0 Å². The summed E-state index contributed by atoms with van der Waals surface area (Å²) in [4.78, 5) is 0. The van der Waals surface area contributed by atoms with Crippen LogP contribution in [0.25, 0.3) is 0 Å². The lowest BCUT2D eigenvalue weighted by Gasteiger charge is -2.23. The molecule has 0 saturated heterocycles. The van der Waals surface area contributed by atoms with Gasteiger partial charge in [-0.2, -0.15) is 0 Å². The number of hydrogen-bond donors (Lipinski definition) is 0. The molecule has 0 aliphatic rings. The lowest BCUT2D eigenvalue weighted by Crippen LogP contribution is -2.23. The van der Waals surface area contributed by atoms with Gasteiger partial charge in [-0.05, 0) is 26.7 Å². The predicted octanol–water partition coefficient (Wildman–Crippen LogP) is 1.63. The third-order valence-electron chi connectivity index (χ3n) is 1.84. The first-order chi connectivity index (χ1) is 4.62. The molecule has 0 N–H and O–H groups in total. The van der Waals surface area contributed by atoms with E-state index in [4.69, 9.17) is 4.74 Å². The van der Waals surface area contributed by atoms with E-state index >= 15 is 0 Å². The molecule has 0 bridgehead atoms. The standard InChI is InChI=1S/C8H19BO/c1-4-8(2,3)10-7-5-6-9/h4-7,9H2,1-3H3. The molecular formula is C8H19BO. The van der Waals surface area contributed by atoms with E-state index in [9.17, 15) is 0 Å². The maximum Gasteiger partial charge on any atom is 0.101 e. The van der Waals surface area contributed by atoms with Crippen LogP contribution in [0.2, 0.25) is 6.32 Å². The third kappa shape index (κ3) is 4.86. The minimum atomic E-state index is 0.0924. The summed E-state index contributed by atoms with van der Waals surface area (Å²) in [6.45, 7) is 7.36. The van der Waals surface area contributed by atoms with Crippen molar-refractivity contribution >= 4 is 7.85 Å². The van der Waals surface area contributed by atoms with Gasteiger partial charge >= 0.3 is 0 Å². The first kappa shape index (κ1) is 10.0. The van der Waals surface area contributed by atoms with Crippen molar-refractivity contribution in [3.8, 4) is 0 Å². The Morgan fingerprint density at radius 1 is 1.40 bits per heavy atom. The highest BCUT2D eigenvalue weighted by Crippen LogP contribution is 2.13. The molecule has 0 aromatic heterocycles. The van der Waals surface area contributed by atoms with Gasteiger partial charge in [0.15, 0.2) is 0 Å². The van der Waals surface area contributed by atoms with Crippen LogP contribution in [0.5, 0.6) is 0 Å². The van der Waals surface area contributed by atoms with Gasteiger partial charge in [0.2, 0.25) is 0 Å². The molecule has 0 spiro atoms. The minimum Gasteiger partial charge on any atom is -0.376 e. The Hall–Kier alpha value is 0.0249. The SMILES string of the molecule is BCCCOC(C)(C)CC. The van der Waals surface area contributed by atoms with Crippen LogP contribution in [0.4, 0.5) is 0 Å². The molecule has 0 heterocycles. The van der Waals surface area contributed by atoms with Crippen LogP contribution < -0.4 is 0 Å². The smallest absolute Gasteiger partial charge is 0.101 e. The Balaban J connectivity index is 3.28. The Morgan fingerprint density at radius 3 is 2.40 bits per heavy atom. The zero-order valence-electron chi connectivity index (χ0n) is 7.74. The van der Waals surface area contributed by atoms with Gasteiger partial charge in [0.05, 0.1) is 5.60 Å². The van der Waals surface area contributed by atoms with Gasteiger partial charge in [-0.3, -0.25) is 0 Å². The lowest BCUT2D eigenvalue weighted by atomic mass is 10.0. The molecule has 60 valence electrons. The summed E-state index contributed by atoms with van der Waals surface area (Å²) in [5.41, 5.74) is 0.0924. The molecule has 0 aliphatic heterocycles. The fourth-order valence-corrected chi connectivity index (χ4v) is 0.595. The average Bonchev–Trinajstić information content (AvgIpc) is 1.89. The highest BCUT2D eigenvalue weighted by Gasteiger charge is 2.13. The molecule has 0 unspecified atom stereocenters. The van der Waals surface area contributed by atoms with Crippen molar-refractivity contribution in [2.45, 2.75) is 45.5 Å². The first-order valence-electron chi connectivity index (χ1n) is 4.26. The van der Waals surface area contributed by atoms with E-state index in [1.807, 2.05) is 0 Å². The normalized spacial score (nSPS) is 11.9. The van der Waals surface area contributed by atoms with Crippen molar-refractivity contribution in [1.29, 1.82) is 0 Å². The second-order valence-corrected chi connectivity index (χ2v) is 3.32. The Labute approximate surface area is 65.6 Å². The summed E-state index contributed by atoms with van der Waals surface area (Å²) < 4.78 is 5.62. The molecule has 0 aromatic carbocycles. The van der Waals surface area contributed by atoms with Crippen molar-refractivity contribution in [3.05, 3.63) is 0 Å². The summed E-state index contributed by atoms with van der Waals surface area (Å²) in [7, 11) is 2.18. The number of ether oxygens (including phenoxy) is 1. The van der Waals surface area contributed by atoms with Gasteiger partial charge in [-0.1, -0.05) is 13.2 Å². The van der Waals surface area contributed by atoms with E-state index in [-0.39, 0.29) is 5.60 Å². The first-order valence-corrected chi connectivity index (χ1v) is 4.26. The Morgan fingerprint density at radius 2 is 2.00 bits per heavy atom. The topological polar surface area (TPSA) is 9.23 Å². The summed E-state index contributed by atoms with van der Waals surface area (Å²) in [5, 5.41) is 0. The summed E-state index contributed by atoms with van der Waals surface area (Å²) in [5.74, 6) is 0. The summed E-state index contributed by atoms with van der Waals surface area (Å²) >= 11 is 0. The van der Waals surface area contributed by atoms with Crippen LogP contribution in [-0.2, 0) is 4.74 Å². The van der Waals surface area contributed by atoms with E-state index in [1.165, 1.54) is 12.7 Å². The molecule has 2 heteroatoms. The molecule has 0 amide bonds. The van der Waals surface area contributed by atoms with Crippen molar-refractivity contribution in [3.63, 3.8) is 0 Å². The Bertz CT molecular complexity index is 81.3. The quantitative estimate of drug-likeness (QED) is 0.418.